The molecule has 0 amide bonds. The van der Waals surface area contributed by atoms with Gasteiger partial charge in [0.2, 0.25) is 0 Å². The minimum atomic E-state index is -1.17. The maximum atomic E-state index is 13.0. The normalized spacial score (nSPS) is 10.3. The van der Waals surface area contributed by atoms with E-state index in [2.05, 4.69) is 21.2 Å². The number of carboxylic acids is 1. The van der Waals surface area contributed by atoms with Crippen molar-refractivity contribution in [3.8, 4) is 0 Å². The van der Waals surface area contributed by atoms with Crippen LogP contribution in [0, 0.1) is 5.82 Å². The number of anilines is 3. The van der Waals surface area contributed by atoms with Crippen molar-refractivity contribution >= 4 is 50.6 Å². The Kier molecular flexibility index (Phi) is 4.15. The highest BCUT2D eigenvalue weighted by Crippen LogP contribution is 2.34. The number of carbonyl (C=O) groups is 1. The third kappa shape index (κ3) is 3.02. The van der Waals surface area contributed by atoms with Crippen LogP contribution >= 0.6 is 27.5 Å². The van der Waals surface area contributed by atoms with Crippen molar-refractivity contribution in [1.29, 1.82) is 0 Å². The van der Waals surface area contributed by atoms with Crippen molar-refractivity contribution in [1.82, 2.24) is 0 Å². The van der Waals surface area contributed by atoms with E-state index in [0.29, 0.717) is 10.2 Å². The second-order valence-corrected chi connectivity index (χ2v) is 5.24. The lowest BCUT2D eigenvalue weighted by molar-refractivity contribution is 0.0698. The number of aromatic carboxylic acids is 1. The molecule has 2 aromatic rings. The first-order valence-electron chi connectivity index (χ1n) is 5.43. The minimum Gasteiger partial charge on any atom is -0.478 e. The number of nitrogens with one attached hydrogen (secondary N) is 1. The summed E-state index contributed by atoms with van der Waals surface area (Å²) in [6.07, 6.45) is 0. The number of rotatable bonds is 3. The second kappa shape index (κ2) is 5.68. The molecule has 0 atom stereocenters. The first-order valence-corrected chi connectivity index (χ1v) is 6.60. The number of nitrogens with two attached hydrogens (primary N) is 1. The van der Waals surface area contributed by atoms with Gasteiger partial charge >= 0.3 is 5.97 Å². The lowest BCUT2D eigenvalue weighted by Crippen LogP contribution is -2.05. The Balaban J connectivity index is 2.50. The first kappa shape index (κ1) is 14.6. The van der Waals surface area contributed by atoms with E-state index in [1.807, 2.05) is 0 Å². The lowest BCUT2D eigenvalue weighted by atomic mass is 10.1. The molecular weight excluding hydrogens is 351 g/mol. The molecule has 0 unspecified atom stereocenters. The van der Waals surface area contributed by atoms with Gasteiger partial charge in [-0.15, -0.1) is 0 Å². The Labute approximate surface area is 127 Å². The second-order valence-electron chi connectivity index (χ2n) is 3.98. The highest BCUT2D eigenvalue weighted by molar-refractivity contribution is 9.10. The molecule has 0 aliphatic heterocycles. The number of benzene rings is 2. The molecule has 0 bridgehead atoms. The smallest absolute Gasteiger partial charge is 0.337 e. The summed E-state index contributed by atoms with van der Waals surface area (Å²) in [5.41, 5.74) is 6.44. The summed E-state index contributed by atoms with van der Waals surface area (Å²) in [4.78, 5) is 11.2. The predicted octanol–water partition coefficient (Wildman–Crippen LogP) is 4.27. The SMILES string of the molecule is Nc1cc(Cl)c(Nc2ccc(F)cc2Br)c(C(=O)O)c1. The van der Waals surface area contributed by atoms with Gasteiger partial charge in [-0.05, 0) is 46.3 Å². The fourth-order valence-electron chi connectivity index (χ4n) is 1.65. The summed E-state index contributed by atoms with van der Waals surface area (Å²) < 4.78 is 13.5. The average Bonchev–Trinajstić information content (AvgIpc) is 2.34. The predicted molar refractivity (Wildman–Crippen MR) is 80.2 cm³/mol. The van der Waals surface area contributed by atoms with Crippen molar-refractivity contribution in [2.24, 2.45) is 0 Å². The fraction of sp³-hybridized carbons (Fsp3) is 0. The zero-order valence-electron chi connectivity index (χ0n) is 9.95. The van der Waals surface area contributed by atoms with Gasteiger partial charge in [0, 0.05) is 10.2 Å². The Bertz CT molecular complexity index is 694. The maximum absolute atomic E-state index is 13.0. The molecule has 0 saturated carbocycles. The van der Waals surface area contributed by atoms with Crippen molar-refractivity contribution in [3.05, 3.63) is 51.2 Å². The number of halogens is 3. The molecule has 0 aromatic heterocycles. The van der Waals surface area contributed by atoms with Crippen molar-refractivity contribution in [3.63, 3.8) is 0 Å². The molecule has 0 radical (unpaired) electrons. The molecule has 4 N–H and O–H groups in total. The van der Waals surface area contributed by atoms with Crippen molar-refractivity contribution in [2.75, 3.05) is 11.1 Å². The van der Waals surface area contributed by atoms with Gasteiger partial charge in [0.15, 0.2) is 0 Å². The van der Waals surface area contributed by atoms with E-state index in [1.165, 1.54) is 30.3 Å². The van der Waals surface area contributed by atoms with E-state index in [9.17, 15) is 14.3 Å². The quantitative estimate of drug-likeness (QED) is 0.716. The fourth-order valence-corrected chi connectivity index (χ4v) is 2.37. The molecule has 0 aliphatic rings. The monoisotopic (exact) mass is 358 g/mol. The summed E-state index contributed by atoms with van der Waals surface area (Å²) in [7, 11) is 0. The number of carboxylic acid groups (broad SMARTS) is 1. The summed E-state index contributed by atoms with van der Waals surface area (Å²) >= 11 is 9.20. The number of hydrogen-bond acceptors (Lipinski definition) is 3. The molecule has 0 saturated heterocycles. The van der Waals surface area contributed by atoms with Gasteiger partial charge < -0.3 is 16.2 Å². The van der Waals surface area contributed by atoms with Crippen LogP contribution < -0.4 is 11.1 Å². The number of nitrogen functional groups attached to an aromatic ring is 1. The van der Waals surface area contributed by atoms with E-state index in [-0.39, 0.29) is 22.0 Å². The van der Waals surface area contributed by atoms with Crippen LogP contribution in [0.5, 0.6) is 0 Å². The molecule has 0 aliphatic carbocycles. The average molecular weight is 360 g/mol. The standard InChI is InChI=1S/C13H9BrClFN2O2/c14-9-3-6(16)1-2-11(9)18-12-8(13(19)20)4-7(17)5-10(12)15/h1-5,18H,17H2,(H,19,20). The summed E-state index contributed by atoms with van der Waals surface area (Å²) in [5, 5.41) is 12.2. The van der Waals surface area contributed by atoms with Crippen molar-refractivity contribution < 1.29 is 14.3 Å². The van der Waals surface area contributed by atoms with Crippen LogP contribution in [-0.2, 0) is 0 Å². The van der Waals surface area contributed by atoms with Gasteiger partial charge in [-0.3, -0.25) is 0 Å². The van der Waals surface area contributed by atoms with E-state index in [4.69, 9.17) is 17.3 Å². The number of hydrogen-bond donors (Lipinski definition) is 3. The Morgan fingerprint density at radius 3 is 2.65 bits per heavy atom. The van der Waals surface area contributed by atoms with Gasteiger partial charge in [0.05, 0.1) is 22.0 Å². The van der Waals surface area contributed by atoms with E-state index < -0.39 is 11.8 Å². The summed E-state index contributed by atoms with van der Waals surface area (Å²) in [5.74, 6) is -1.58. The summed E-state index contributed by atoms with van der Waals surface area (Å²) in [6.45, 7) is 0. The van der Waals surface area contributed by atoms with E-state index >= 15 is 0 Å². The Morgan fingerprint density at radius 2 is 2.05 bits per heavy atom. The van der Waals surface area contributed by atoms with Crippen LogP contribution in [0.4, 0.5) is 21.5 Å². The third-order valence-electron chi connectivity index (χ3n) is 2.53. The molecule has 0 heterocycles. The third-order valence-corrected chi connectivity index (χ3v) is 3.49. The van der Waals surface area contributed by atoms with Gasteiger partial charge in [-0.2, -0.15) is 0 Å². The topological polar surface area (TPSA) is 75.3 Å². The first-order chi connectivity index (χ1) is 9.38. The highest BCUT2D eigenvalue weighted by atomic mass is 79.9. The minimum absolute atomic E-state index is 0.0637. The van der Waals surface area contributed by atoms with Gasteiger partial charge in [-0.25, -0.2) is 9.18 Å². The Morgan fingerprint density at radius 1 is 1.35 bits per heavy atom. The lowest BCUT2D eigenvalue weighted by Gasteiger charge is -2.13. The molecule has 4 nitrogen and oxygen atoms in total. The van der Waals surface area contributed by atoms with Gasteiger partial charge in [-0.1, -0.05) is 11.6 Å². The molecule has 0 fully saturated rings. The molecule has 0 spiro atoms. The summed E-state index contributed by atoms with van der Waals surface area (Å²) in [6, 6.07) is 6.71. The highest BCUT2D eigenvalue weighted by Gasteiger charge is 2.16. The maximum Gasteiger partial charge on any atom is 0.337 e. The van der Waals surface area contributed by atoms with Crippen LogP contribution in [-0.4, -0.2) is 11.1 Å². The van der Waals surface area contributed by atoms with Crippen LogP contribution in [0.25, 0.3) is 0 Å². The van der Waals surface area contributed by atoms with E-state index in [0.717, 1.165) is 0 Å². The Hall–Kier alpha value is -1.79. The van der Waals surface area contributed by atoms with Crippen LogP contribution in [0.15, 0.2) is 34.8 Å². The molecule has 104 valence electrons. The molecule has 20 heavy (non-hydrogen) atoms. The van der Waals surface area contributed by atoms with Crippen LogP contribution in [0.2, 0.25) is 5.02 Å². The van der Waals surface area contributed by atoms with Crippen molar-refractivity contribution in [2.45, 2.75) is 0 Å². The largest absolute Gasteiger partial charge is 0.478 e. The van der Waals surface area contributed by atoms with E-state index in [1.54, 1.807) is 0 Å². The van der Waals surface area contributed by atoms with Gasteiger partial charge in [0.1, 0.15) is 5.82 Å². The van der Waals surface area contributed by atoms with Gasteiger partial charge in [0.25, 0.3) is 0 Å². The molecule has 7 heteroatoms. The zero-order chi connectivity index (χ0) is 14.9. The molecule has 2 aromatic carbocycles. The molecule has 2 rings (SSSR count). The van der Waals surface area contributed by atoms with Crippen LogP contribution in [0.3, 0.4) is 0 Å². The molecular formula is C13H9BrClFN2O2. The zero-order valence-corrected chi connectivity index (χ0v) is 12.3. The van der Waals surface area contributed by atoms with Crippen LogP contribution in [0.1, 0.15) is 10.4 Å².